The Kier molecular flexibility index (Phi) is 4.74. The molecule has 162 valence electrons. The number of aromatic nitrogens is 1. The Balaban J connectivity index is 1.81. The number of fused-ring (bicyclic) bond motifs is 2. The van der Waals surface area contributed by atoms with Gasteiger partial charge in [0.25, 0.3) is 5.91 Å². The molecule has 8 heteroatoms. The molecule has 1 aliphatic rings. The Morgan fingerprint density at radius 1 is 1.03 bits per heavy atom. The minimum Gasteiger partial charge on any atom is -0.493 e. The van der Waals surface area contributed by atoms with Gasteiger partial charge in [0.05, 0.1) is 36.9 Å². The summed E-state index contributed by atoms with van der Waals surface area (Å²) in [5.74, 6) is 0.702. The predicted octanol–water partition coefficient (Wildman–Crippen LogP) is 4.63. The first-order chi connectivity index (χ1) is 15.4. The molecule has 0 bridgehead atoms. The van der Waals surface area contributed by atoms with E-state index in [1.54, 1.807) is 38.5 Å². The van der Waals surface area contributed by atoms with Crippen molar-refractivity contribution in [2.45, 2.75) is 19.9 Å². The lowest BCUT2D eigenvalue weighted by atomic mass is 9.98. The van der Waals surface area contributed by atoms with Crippen LogP contribution in [0, 0.1) is 13.8 Å². The molecule has 0 saturated heterocycles. The van der Waals surface area contributed by atoms with Crippen molar-refractivity contribution in [1.29, 1.82) is 0 Å². The number of methoxy groups -OCH3 is 2. The molecule has 3 heterocycles. The van der Waals surface area contributed by atoms with Crippen LogP contribution >= 0.6 is 11.3 Å². The number of thiazole rings is 1. The number of anilines is 1. The summed E-state index contributed by atoms with van der Waals surface area (Å²) in [6.07, 6.45) is 0. The number of amides is 1. The van der Waals surface area contributed by atoms with Crippen LogP contribution in [0.25, 0.3) is 11.0 Å². The summed E-state index contributed by atoms with van der Waals surface area (Å²) in [4.78, 5) is 33.2. The first-order valence-electron chi connectivity index (χ1n) is 9.98. The van der Waals surface area contributed by atoms with Crippen molar-refractivity contribution in [1.82, 2.24) is 4.98 Å². The predicted molar refractivity (Wildman–Crippen MR) is 122 cm³/mol. The van der Waals surface area contributed by atoms with Gasteiger partial charge < -0.3 is 13.9 Å². The van der Waals surface area contributed by atoms with Crippen LogP contribution in [0.3, 0.4) is 0 Å². The first kappa shape index (κ1) is 20.3. The number of rotatable bonds is 4. The molecule has 0 fully saturated rings. The molecule has 4 aromatic rings. The van der Waals surface area contributed by atoms with Crippen molar-refractivity contribution in [3.63, 3.8) is 0 Å². The minimum atomic E-state index is -0.705. The molecule has 1 aliphatic heterocycles. The fraction of sp³-hybridized carbons (Fsp3) is 0.208. The van der Waals surface area contributed by atoms with Gasteiger partial charge in [-0.2, -0.15) is 0 Å². The summed E-state index contributed by atoms with van der Waals surface area (Å²) in [5, 5.41) is 2.81. The van der Waals surface area contributed by atoms with Gasteiger partial charge in [-0.05, 0) is 43.7 Å². The summed E-state index contributed by atoms with van der Waals surface area (Å²) in [6.45, 7) is 3.77. The fourth-order valence-corrected chi connectivity index (χ4v) is 4.90. The molecule has 0 radical (unpaired) electrons. The Hall–Kier alpha value is -3.65. The maximum atomic E-state index is 13.6. The molecule has 0 unspecified atom stereocenters. The van der Waals surface area contributed by atoms with E-state index in [9.17, 15) is 9.59 Å². The van der Waals surface area contributed by atoms with E-state index in [1.807, 2.05) is 31.4 Å². The molecule has 32 heavy (non-hydrogen) atoms. The standard InChI is InChI=1S/C24H20N2O5S/c1-12-5-7-16-15(9-12)21(27)19-20(14-6-8-17(29-3)18(10-14)30-4)26(23(28)22(19)31-16)24-25-13(2)11-32-24/h5-11,20H,1-4H3/t20-/m0/s1. The molecule has 2 aromatic heterocycles. The Morgan fingerprint density at radius 3 is 2.50 bits per heavy atom. The van der Waals surface area contributed by atoms with Crippen molar-refractivity contribution in [3.8, 4) is 11.5 Å². The molecule has 2 aromatic carbocycles. The van der Waals surface area contributed by atoms with E-state index in [2.05, 4.69) is 4.98 Å². The van der Waals surface area contributed by atoms with E-state index in [0.29, 0.717) is 38.7 Å². The average molecular weight is 449 g/mol. The van der Waals surface area contributed by atoms with E-state index in [1.165, 1.54) is 16.2 Å². The van der Waals surface area contributed by atoms with Gasteiger partial charge in [-0.25, -0.2) is 4.98 Å². The maximum absolute atomic E-state index is 13.6. The van der Waals surface area contributed by atoms with E-state index < -0.39 is 11.9 Å². The third-order valence-electron chi connectivity index (χ3n) is 5.56. The van der Waals surface area contributed by atoms with E-state index >= 15 is 0 Å². The zero-order chi connectivity index (χ0) is 22.6. The van der Waals surface area contributed by atoms with Crippen molar-refractivity contribution < 1.29 is 18.7 Å². The van der Waals surface area contributed by atoms with Crippen LogP contribution in [0.1, 0.15) is 39.0 Å². The number of hydrogen-bond donors (Lipinski definition) is 0. The molecule has 1 amide bonds. The first-order valence-corrected chi connectivity index (χ1v) is 10.9. The van der Waals surface area contributed by atoms with Gasteiger partial charge in [-0.15, -0.1) is 11.3 Å². The Labute approximate surface area is 187 Å². The summed E-state index contributed by atoms with van der Waals surface area (Å²) in [7, 11) is 3.10. The Morgan fingerprint density at radius 2 is 1.81 bits per heavy atom. The van der Waals surface area contributed by atoms with Gasteiger partial charge in [0.1, 0.15) is 5.58 Å². The van der Waals surface area contributed by atoms with Gasteiger partial charge in [0.15, 0.2) is 22.1 Å². The van der Waals surface area contributed by atoms with Crippen LogP contribution in [0.2, 0.25) is 0 Å². The second kappa shape index (κ2) is 7.49. The van der Waals surface area contributed by atoms with Crippen molar-refractivity contribution >= 4 is 33.3 Å². The van der Waals surface area contributed by atoms with E-state index in [0.717, 1.165) is 11.3 Å². The molecular weight excluding hydrogens is 428 g/mol. The summed E-state index contributed by atoms with van der Waals surface area (Å²) in [6, 6.07) is 10.0. The highest BCUT2D eigenvalue weighted by Crippen LogP contribution is 2.44. The van der Waals surface area contributed by atoms with Gasteiger partial charge in [0, 0.05) is 5.38 Å². The quantitative estimate of drug-likeness (QED) is 0.453. The molecule has 0 aliphatic carbocycles. The third kappa shape index (κ3) is 2.98. The van der Waals surface area contributed by atoms with E-state index in [-0.39, 0.29) is 11.2 Å². The summed E-state index contributed by atoms with van der Waals surface area (Å²) >= 11 is 1.34. The monoisotopic (exact) mass is 448 g/mol. The molecule has 0 spiro atoms. The van der Waals surface area contributed by atoms with Crippen LogP contribution in [0.4, 0.5) is 5.13 Å². The zero-order valence-electron chi connectivity index (χ0n) is 18.0. The molecule has 7 nitrogen and oxygen atoms in total. The lowest BCUT2D eigenvalue weighted by Crippen LogP contribution is -2.29. The molecule has 1 atom stereocenters. The van der Waals surface area contributed by atoms with Crippen molar-refractivity contribution in [3.05, 3.63) is 80.1 Å². The fourth-order valence-electron chi connectivity index (χ4n) is 4.07. The molecule has 5 rings (SSSR count). The molecular formula is C24H20N2O5S. The van der Waals surface area contributed by atoms with Gasteiger partial charge in [-0.1, -0.05) is 17.7 Å². The highest BCUT2D eigenvalue weighted by Gasteiger charge is 2.45. The number of hydrogen-bond acceptors (Lipinski definition) is 7. The van der Waals surface area contributed by atoms with Crippen LogP contribution in [-0.4, -0.2) is 25.1 Å². The SMILES string of the molecule is COc1ccc([C@H]2c3c(oc4ccc(C)cc4c3=O)C(=O)N2c2nc(C)cs2)cc1OC. The van der Waals surface area contributed by atoms with Crippen LogP contribution in [0.15, 0.2) is 51.0 Å². The number of carbonyl (C=O) groups excluding carboxylic acids is 1. The lowest BCUT2D eigenvalue weighted by Gasteiger charge is -2.23. The lowest BCUT2D eigenvalue weighted by molar-refractivity contribution is 0.0971. The largest absolute Gasteiger partial charge is 0.493 e. The van der Waals surface area contributed by atoms with Crippen molar-refractivity contribution in [2.24, 2.45) is 0 Å². The number of nitrogens with zero attached hydrogens (tertiary/aromatic N) is 2. The Bertz CT molecular complexity index is 1440. The second-order valence-electron chi connectivity index (χ2n) is 7.64. The van der Waals surface area contributed by atoms with Crippen LogP contribution in [-0.2, 0) is 0 Å². The number of aryl methyl sites for hydroxylation is 2. The number of benzene rings is 2. The van der Waals surface area contributed by atoms with E-state index in [4.69, 9.17) is 13.9 Å². The van der Waals surface area contributed by atoms with Gasteiger partial charge in [0.2, 0.25) is 5.76 Å². The highest BCUT2D eigenvalue weighted by molar-refractivity contribution is 7.14. The molecule has 0 N–H and O–H groups in total. The van der Waals surface area contributed by atoms with Gasteiger partial charge >= 0.3 is 0 Å². The van der Waals surface area contributed by atoms with Crippen molar-refractivity contribution in [2.75, 3.05) is 19.1 Å². The molecule has 0 saturated carbocycles. The topological polar surface area (TPSA) is 81.9 Å². The normalized spacial score (nSPS) is 15.3. The van der Waals surface area contributed by atoms with Gasteiger partial charge in [-0.3, -0.25) is 14.5 Å². The van der Waals surface area contributed by atoms with Crippen LogP contribution < -0.4 is 19.8 Å². The zero-order valence-corrected chi connectivity index (χ0v) is 18.8. The summed E-state index contributed by atoms with van der Waals surface area (Å²) in [5.41, 5.74) is 2.88. The third-order valence-corrected chi connectivity index (χ3v) is 6.52. The second-order valence-corrected chi connectivity index (χ2v) is 8.47. The van der Waals surface area contributed by atoms with Crippen LogP contribution in [0.5, 0.6) is 11.5 Å². The number of carbonyl (C=O) groups is 1. The average Bonchev–Trinajstić information content (AvgIpc) is 3.34. The smallest absolute Gasteiger partial charge is 0.297 e. The minimum absolute atomic E-state index is 0.0407. The maximum Gasteiger partial charge on any atom is 0.297 e. The number of ether oxygens (including phenoxy) is 2. The highest BCUT2D eigenvalue weighted by atomic mass is 32.1. The summed E-state index contributed by atoms with van der Waals surface area (Å²) < 4.78 is 16.8.